The van der Waals surface area contributed by atoms with Crippen molar-refractivity contribution in [1.29, 1.82) is 0 Å². The summed E-state index contributed by atoms with van der Waals surface area (Å²) in [5, 5.41) is 0. The Kier molecular flexibility index (Phi) is 4.82. The van der Waals surface area contributed by atoms with Crippen molar-refractivity contribution >= 4 is 7.60 Å². The first kappa shape index (κ1) is 12.8. The third kappa shape index (κ3) is 4.55. The lowest BCUT2D eigenvalue weighted by atomic mass is 10.5. The molecule has 0 aliphatic heterocycles. The van der Waals surface area contributed by atoms with Gasteiger partial charge >= 0.3 is 7.60 Å². The average molecular weight is 210 g/mol. The molecule has 0 amide bonds. The van der Waals surface area contributed by atoms with E-state index in [1.165, 1.54) is 0 Å². The van der Waals surface area contributed by atoms with E-state index in [9.17, 15) is 8.96 Å². The Labute approximate surface area is 78.5 Å². The molecule has 5 heteroatoms. The summed E-state index contributed by atoms with van der Waals surface area (Å²) in [5.41, 5.74) is -1.05. The summed E-state index contributed by atoms with van der Waals surface area (Å²) >= 11 is 0. The third-order valence-corrected chi connectivity index (χ3v) is 2.99. The van der Waals surface area contributed by atoms with Crippen LogP contribution in [0.5, 0.6) is 0 Å². The largest absolute Gasteiger partial charge is 0.389 e. The molecule has 0 bridgehead atoms. The minimum absolute atomic E-state index is 0.364. The van der Waals surface area contributed by atoms with Crippen LogP contribution in [0.2, 0.25) is 0 Å². The van der Waals surface area contributed by atoms with Crippen molar-refractivity contribution in [3.05, 3.63) is 12.1 Å². The third-order valence-electron chi connectivity index (χ3n) is 0.996. The predicted molar refractivity (Wildman–Crippen MR) is 50.3 cm³/mol. The lowest BCUT2D eigenvalue weighted by Gasteiger charge is -2.20. The molecule has 0 unspecified atom stereocenters. The van der Waals surface area contributed by atoms with Crippen molar-refractivity contribution in [2.45, 2.75) is 39.9 Å². The van der Waals surface area contributed by atoms with Gasteiger partial charge in [-0.1, -0.05) is 6.58 Å². The van der Waals surface area contributed by atoms with E-state index >= 15 is 0 Å². The van der Waals surface area contributed by atoms with Gasteiger partial charge in [-0.3, -0.25) is 4.57 Å². The highest BCUT2D eigenvalue weighted by molar-refractivity contribution is 7.58. The van der Waals surface area contributed by atoms with Crippen LogP contribution in [0.3, 0.4) is 0 Å². The monoisotopic (exact) mass is 210 g/mol. The van der Waals surface area contributed by atoms with Gasteiger partial charge in [-0.15, -0.1) is 0 Å². The van der Waals surface area contributed by atoms with Gasteiger partial charge in [0.2, 0.25) is 5.57 Å². The minimum Gasteiger partial charge on any atom is -0.301 e. The van der Waals surface area contributed by atoms with Crippen molar-refractivity contribution < 1.29 is 18.0 Å². The SMILES string of the molecule is C=C(F)P(=O)(OC(C)C)OC(C)C. The highest BCUT2D eigenvalue weighted by Crippen LogP contribution is 2.57. The molecule has 0 N–H and O–H groups in total. The zero-order chi connectivity index (χ0) is 10.6. The van der Waals surface area contributed by atoms with Crippen LogP contribution in [0.15, 0.2) is 12.1 Å². The number of hydrogen-bond donors (Lipinski definition) is 0. The molecule has 0 spiro atoms. The van der Waals surface area contributed by atoms with Crippen LogP contribution in [-0.4, -0.2) is 12.2 Å². The zero-order valence-electron chi connectivity index (χ0n) is 8.41. The van der Waals surface area contributed by atoms with Crippen molar-refractivity contribution in [3.63, 3.8) is 0 Å². The fourth-order valence-corrected chi connectivity index (χ4v) is 2.08. The molecule has 0 fully saturated rings. The summed E-state index contributed by atoms with van der Waals surface area (Å²) < 4.78 is 34.1. The first-order valence-electron chi connectivity index (χ1n) is 4.09. The van der Waals surface area contributed by atoms with Crippen molar-refractivity contribution in [2.24, 2.45) is 0 Å². The number of hydrogen-bond acceptors (Lipinski definition) is 3. The summed E-state index contributed by atoms with van der Waals surface area (Å²) in [6.07, 6.45) is -0.728. The van der Waals surface area contributed by atoms with Gasteiger partial charge < -0.3 is 9.05 Å². The highest BCUT2D eigenvalue weighted by Gasteiger charge is 2.32. The lowest BCUT2D eigenvalue weighted by molar-refractivity contribution is 0.143. The molecule has 3 nitrogen and oxygen atoms in total. The van der Waals surface area contributed by atoms with Gasteiger partial charge in [0.25, 0.3) is 0 Å². The predicted octanol–water partition coefficient (Wildman–Crippen LogP) is 3.47. The Morgan fingerprint density at radius 2 is 1.54 bits per heavy atom. The molecule has 0 aliphatic rings. The molecule has 0 radical (unpaired) electrons. The maximum atomic E-state index is 12.8. The standard InChI is InChI=1S/C8H16FO3P/c1-6(2)11-13(10,8(5)9)12-7(3)4/h6-7H,5H2,1-4H3. The molecular weight excluding hydrogens is 194 g/mol. The Hall–Kier alpha value is -0.180. The van der Waals surface area contributed by atoms with Gasteiger partial charge in [0.05, 0.1) is 12.2 Å². The number of rotatable bonds is 5. The van der Waals surface area contributed by atoms with Gasteiger partial charge in [-0.25, -0.2) is 0 Å². The van der Waals surface area contributed by atoms with Crippen LogP contribution in [0.1, 0.15) is 27.7 Å². The van der Waals surface area contributed by atoms with E-state index in [4.69, 9.17) is 9.05 Å². The second kappa shape index (κ2) is 4.89. The summed E-state index contributed by atoms with van der Waals surface area (Å²) in [4.78, 5) is 0. The molecule has 0 saturated heterocycles. The first-order valence-corrected chi connectivity index (χ1v) is 5.64. The quantitative estimate of drug-likeness (QED) is 0.652. The van der Waals surface area contributed by atoms with E-state index in [0.29, 0.717) is 0 Å². The summed E-state index contributed by atoms with van der Waals surface area (Å²) in [6.45, 7) is 9.56. The smallest absolute Gasteiger partial charge is 0.301 e. The van der Waals surface area contributed by atoms with E-state index < -0.39 is 13.2 Å². The normalized spacial score (nSPS) is 12.5. The molecule has 0 aromatic heterocycles. The van der Waals surface area contributed by atoms with Gasteiger partial charge in [0.15, 0.2) is 0 Å². The summed E-state index contributed by atoms with van der Waals surface area (Å²) in [7, 11) is -3.76. The Morgan fingerprint density at radius 3 is 1.69 bits per heavy atom. The molecule has 0 rings (SSSR count). The van der Waals surface area contributed by atoms with E-state index in [2.05, 4.69) is 6.58 Å². The van der Waals surface area contributed by atoms with Crippen LogP contribution in [0.25, 0.3) is 0 Å². The Morgan fingerprint density at radius 1 is 1.23 bits per heavy atom. The van der Waals surface area contributed by atoms with Gasteiger partial charge in [0, 0.05) is 0 Å². The molecule has 0 aromatic carbocycles. The Bertz CT molecular complexity index is 211. The van der Waals surface area contributed by atoms with Crippen molar-refractivity contribution in [2.75, 3.05) is 0 Å². The zero-order valence-corrected chi connectivity index (χ0v) is 9.31. The molecule has 78 valence electrons. The topological polar surface area (TPSA) is 35.5 Å². The maximum absolute atomic E-state index is 12.8. The maximum Gasteiger partial charge on any atom is 0.389 e. The molecule has 0 aromatic rings. The average Bonchev–Trinajstić information content (AvgIpc) is 1.82. The first-order chi connectivity index (χ1) is 5.78. The van der Waals surface area contributed by atoms with Crippen LogP contribution < -0.4 is 0 Å². The fourth-order valence-electron chi connectivity index (χ4n) is 0.694. The van der Waals surface area contributed by atoms with E-state index in [0.717, 1.165) is 0 Å². The van der Waals surface area contributed by atoms with Gasteiger partial charge in [0.1, 0.15) is 0 Å². The van der Waals surface area contributed by atoms with E-state index in [1.54, 1.807) is 27.7 Å². The molecule has 0 heterocycles. The molecule has 0 saturated carbocycles. The second-order valence-electron chi connectivity index (χ2n) is 3.18. The van der Waals surface area contributed by atoms with Crippen molar-refractivity contribution in [3.8, 4) is 0 Å². The molecule has 13 heavy (non-hydrogen) atoms. The van der Waals surface area contributed by atoms with E-state index in [-0.39, 0.29) is 12.2 Å². The molecule has 0 atom stereocenters. The fraction of sp³-hybridized carbons (Fsp3) is 0.750. The van der Waals surface area contributed by atoms with Crippen LogP contribution in [0, 0.1) is 0 Å². The van der Waals surface area contributed by atoms with Crippen LogP contribution >= 0.6 is 7.60 Å². The summed E-state index contributed by atoms with van der Waals surface area (Å²) in [5.74, 6) is 0. The number of halogens is 1. The van der Waals surface area contributed by atoms with E-state index in [1.807, 2.05) is 0 Å². The van der Waals surface area contributed by atoms with Gasteiger partial charge in [-0.2, -0.15) is 4.39 Å². The lowest BCUT2D eigenvalue weighted by Crippen LogP contribution is -2.07. The highest BCUT2D eigenvalue weighted by atomic mass is 31.2. The summed E-state index contributed by atoms with van der Waals surface area (Å²) in [6, 6.07) is 0. The molecular formula is C8H16FO3P. The van der Waals surface area contributed by atoms with Crippen LogP contribution in [-0.2, 0) is 13.6 Å². The minimum atomic E-state index is -3.76. The van der Waals surface area contributed by atoms with Gasteiger partial charge in [-0.05, 0) is 27.7 Å². The molecule has 0 aliphatic carbocycles. The van der Waals surface area contributed by atoms with Crippen molar-refractivity contribution in [1.82, 2.24) is 0 Å². The van der Waals surface area contributed by atoms with Crippen LogP contribution in [0.4, 0.5) is 4.39 Å². The second-order valence-corrected chi connectivity index (χ2v) is 5.08. The Balaban J connectivity index is 4.54.